The van der Waals surface area contributed by atoms with E-state index in [1.165, 1.54) is 0 Å². The Labute approximate surface area is 134 Å². The first-order valence-electron chi connectivity index (χ1n) is 7.30. The smallest absolute Gasteiger partial charge is 0.313 e. The van der Waals surface area contributed by atoms with Crippen molar-refractivity contribution >= 4 is 17.5 Å². The number of nitrogens with one attached hydrogen (secondary N) is 2. The van der Waals surface area contributed by atoms with Crippen LogP contribution in [-0.4, -0.2) is 22.9 Å². The van der Waals surface area contributed by atoms with Crippen LogP contribution in [0.25, 0.3) is 0 Å². The molecule has 6 nitrogen and oxygen atoms in total. The van der Waals surface area contributed by atoms with Gasteiger partial charge in [0.1, 0.15) is 5.75 Å². The third-order valence-corrected chi connectivity index (χ3v) is 2.85. The summed E-state index contributed by atoms with van der Waals surface area (Å²) in [6.45, 7) is 4.07. The van der Waals surface area contributed by atoms with E-state index in [2.05, 4.69) is 15.6 Å². The molecule has 2 rings (SSSR count). The Hall–Kier alpha value is -2.89. The summed E-state index contributed by atoms with van der Waals surface area (Å²) in [4.78, 5) is 27.6. The molecule has 0 aliphatic heterocycles. The number of benzene rings is 1. The molecule has 0 unspecified atom stereocenters. The van der Waals surface area contributed by atoms with Gasteiger partial charge in [-0.05, 0) is 50.2 Å². The number of ether oxygens (including phenoxy) is 1. The average Bonchev–Trinajstić information content (AvgIpc) is 2.55. The maximum Gasteiger partial charge on any atom is 0.313 e. The summed E-state index contributed by atoms with van der Waals surface area (Å²) in [5.41, 5.74) is 1.21. The highest BCUT2D eigenvalue weighted by atomic mass is 16.5. The van der Waals surface area contributed by atoms with Gasteiger partial charge in [-0.2, -0.15) is 0 Å². The zero-order valence-electron chi connectivity index (χ0n) is 13.1. The molecule has 0 saturated heterocycles. The Morgan fingerprint density at radius 2 is 1.83 bits per heavy atom. The Bertz CT molecular complexity index is 655. The fourth-order valence-corrected chi connectivity index (χ4v) is 1.83. The van der Waals surface area contributed by atoms with E-state index in [9.17, 15) is 9.59 Å². The Kier molecular flexibility index (Phi) is 5.68. The first kappa shape index (κ1) is 16.5. The lowest BCUT2D eigenvalue weighted by Gasteiger charge is -2.10. The van der Waals surface area contributed by atoms with Crippen molar-refractivity contribution in [1.82, 2.24) is 10.3 Å². The fraction of sp³-hybridized carbons (Fsp3) is 0.235. The van der Waals surface area contributed by atoms with E-state index in [-0.39, 0.29) is 12.6 Å². The number of rotatable bonds is 5. The summed E-state index contributed by atoms with van der Waals surface area (Å²) in [5, 5.41) is 5.05. The van der Waals surface area contributed by atoms with Gasteiger partial charge in [0.15, 0.2) is 0 Å². The molecule has 0 fully saturated rings. The van der Waals surface area contributed by atoms with Gasteiger partial charge in [-0.15, -0.1) is 0 Å². The molecule has 1 aromatic carbocycles. The van der Waals surface area contributed by atoms with E-state index in [1.54, 1.807) is 42.6 Å². The van der Waals surface area contributed by atoms with Crippen molar-refractivity contribution in [2.45, 2.75) is 26.5 Å². The number of hydrogen-bond acceptors (Lipinski definition) is 4. The van der Waals surface area contributed by atoms with Crippen molar-refractivity contribution in [3.8, 4) is 5.75 Å². The Balaban J connectivity index is 1.84. The minimum Gasteiger partial charge on any atom is -0.491 e. The van der Waals surface area contributed by atoms with Gasteiger partial charge in [0.2, 0.25) is 0 Å². The van der Waals surface area contributed by atoms with Crippen LogP contribution in [-0.2, 0) is 16.1 Å². The van der Waals surface area contributed by atoms with Gasteiger partial charge in [-0.25, -0.2) is 0 Å². The third kappa shape index (κ3) is 5.43. The number of aromatic nitrogens is 1. The molecule has 6 heteroatoms. The molecule has 0 aliphatic rings. The number of anilines is 1. The van der Waals surface area contributed by atoms with Gasteiger partial charge in [0.05, 0.1) is 18.3 Å². The third-order valence-electron chi connectivity index (χ3n) is 2.85. The SMILES string of the molecule is CC(C)Oc1ccc(NC(=O)C(=O)NCc2ccccn2)cc1. The summed E-state index contributed by atoms with van der Waals surface area (Å²) < 4.78 is 5.51. The Morgan fingerprint density at radius 3 is 2.43 bits per heavy atom. The fourth-order valence-electron chi connectivity index (χ4n) is 1.83. The molecule has 0 aliphatic carbocycles. The predicted molar refractivity (Wildman–Crippen MR) is 86.9 cm³/mol. The van der Waals surface area contributed by atoms with Crippen molar-refractivity contribution in [3.05, 3.63) is 54.4 Å². The predicted octanol–water partition coefficient (Wildman–Crippen LogP) is 2.12. The number of carbonyl (C=O) groups is 2. The van der Waals surface area contributed by atoms with E-state index in [0.29, 0.717) is 17.1 Å². The number of amides is 2. The van der Waals surface area contributed by atoms with Gasteiger partial charge >= 0.3 is 11.8 Å². The quantitative estimate of drug-likeness (QED) is 0.829. The van der Waals surface area contributed by atoms with Crippen molar-refractivity contribution in [2.75, 3.05) is 5.32 Å². The molecule has 2 N–H and O–H groups in total. The van der Waals surface area contributed by atoms with Crippen LogP contribution in [0.15, 0.2) is 48.7 Å². The molecule has 0 radical (unpaired) electrons. The van der Waals surface area contributed by atoms with Gasteiger partial charge < -0.3 is 15.4 Å². The number of nitrogens with zero attached hydrogens (tertiary/aromatic N) is 1. The van der Waals surface area contributed by atoms with Crippen LogP contribution in [0, 0.1) is 0 Å². The van der Waals surface area contributed by atoms with E-state index in [4.69, 9.17) is 4.74 Å². The molecule has 1 aromatic heterocycles. The van der Waals surface area contributed by atoms with Crippen LogP contribution >= 0.6 is 0 Å². The molecule has 0 spiro atoms. The first-order valence-corrected chi connectivity index (χ1v) is 7.30. The second-order valence-corrected chi connectivity index (χ2v) is 5.15. The normalized spacial score (nSPS) is 10.2. The van der Waals surface area contributed by atoms with Crippen LogP contribution in [0.2, 0.25) is 0 Å². The monoisotopic (exact) mass is 313 g/mol. The minimum atomic E-state index is -0.724. The summed E-state index contributed by atoms with van der Waals surface area (Å²) in [6, 6.07) is 12.2. The lowest BCUT2D eigenvalue weighted by molar-refractivity contribution is -0.136. The summed E-state index contributed by atoms with van der Waals surface area (Å²) >= 11 is 0. The maximum atomic E-state index is 11.8. The summed E-state index contributed by atoms with van der Waals surface area (Å²) in [7, 11) is 0. The average molecular weight is 313 g/mol. The standard InChI is InChI=1S/C17H19N3O3/c1-12(2)23-15-8-6-13(7-9-15)20-17(22)16(21)19-11-14-5-3-4-10-18-14/h3-10,12H,11H2,1-2H3,(H,19,21)(H,20,22). The van der Waals surface area contributed by atoms with Gasteiger partial charge in [0.25, 0.3) is 0 Å². The largest absolute Gasteiger partial charge is 0.491 e. The number of carbonyl (C=O) groups excluding carboxylic acids is 2. The van der Waals surface area contributed by atoms with E-state index in [0.717, 1.165) is 0 Å². The van der Waals surface area contributed by atoms with Crippen molar-refractivity contribution < 1.29 is 14.3 Å². The van der Waals surface area contributed by atoms with E-state index in [1.807, 2.05) is 19.9 Å². The zero-order valence-corrected chi connectivity index (χ0v) is 13.1. The Morgan fingerprint density at radius 1 is 1.09 bits per heavy atom. The lowest BCUT2D eigenvalue weighted by Crippen LogP contribution is -2.35. The van der Waals surface area contributed by atoms with Gasteiger partial charge in [0, 0.05) is 11.9 Å². The summed E-state index contributed by atoms with van der Waals surface area (Å²) in [5.74, 6) is -0.728. The van der Waals surface area contributed by atoms with E-state index >= 15 is 0 Å². The van der Waals surface area contributed by atoms with Crippen molar-refractivity contribution in [3.63, 3.8) is 0 Å². The van der Waals surface area contributed by atoms with Gasteiger partial charge in [-0.3, -0.25) is 14.6 Å². The van der Waals surface area contributed by atoms with E-state index < -0.39 is 11.8 Å². The second kappa shape index (κ2) is 7.93. The molecule has 120 valence electrons. The molecule has 0 atom stereocenters. The van der Waals surface area contributed by atoms with Crippen molar-refractivity contribution in [2.24, 2.45) is 0 Å². The molecule has 0 bridgehead atoms. The van der Waals surface area contributed by atoms with Crippen molar-refractivity contribution in [1.29, 1.82) is 0 Å². The molecular formula is C17H19N3O3. The second-order valence-electron chi connectivity index (χ2n) is 5.15. The lowest BCUT2D eigenvalue weighted by atomic mass is 10.3. The molecule has 2 amide bonds. The number of pyridine rings is 1. The summed E-state index contributed by atoms with van der Waals surface area (Å²) in [6.07, 6.45) is 1.70. The minimum absolute atomic E-state index is 0.0767. The van der Waals surface area contributed by atoms with Crippen LogP contribution in [0.5, 0.6) is 5.75 Å². The molecule has 2 aromatic rings. The molecular weight excluding hydrogens is 294 g/mol. The number of hydrogen-bond donors (Lipinski definition) is 2. The highest BCUT2D eigenvalue weighted by Crippen LogP contribution is 2.16. The van der Waals surface area contributed by atoms with Gasteiger partial charge in [-0.1, -0.05) is 6.07 Å². The zero-order chi connectivity index (χ0) is 16.7. The first-order chi connectivity index (χ1) is 11.0. The molecule has 1 heterocycles. The van der Waals surface area contributed by atoms with Crippen LogP contribution in [0.1, 0.15) is 19.5 Å². The molecule has 23 heavy (non-hydrogen) atoms. The highest BCUT2D eigenvalue weighted by molar-refractivity contribution is 6.39. The highest BCUT2D eigenvalue weighted by Gasteiger charge is 2.13. The van der Waals surface area contributed by atoms with Crippen LogP contribution in [0.3, 0.4) is 0 Å². The van der Waals surface area contributed by atoms with Crippen LogP contribution < -0.4 is 15.4 Å². The topological polar surface area (TPSA) is 80.3 Å². The molecule has 0 saturated carbocycles. The maximum absolute atomic E-state index is 11.8. The van der Waals surface area contributed by atoms with Crippen LogP contribution in [0.4, 0.5) is 5.69 Å².